The van der Waals surface area contributed by atoms with Gasteiger partial charge >= 0.3 is 0 Å². The van der Waals surface area contributed by atoms with Crippen molar-refractivity contribution in [2.24, 2.45) is 16.4 Å². The van der Waals surface area contributed by atoms with Crippen LogP contribution in [-0.2, 0) is 16.0 Å². The van der Waals surface area contributed by atoms with E-state index in [0.717, 1.165) is 28.7 Å². The van der Waals surface area contributed by atoms with Crippen LogP contribution in [0.25, 0.3) is 10.9 Å². The lowest BCUT2D eigenvalue weighted by atomic mass is 9.93. The molecule has 3 heterocycles. The lowest BCUT2D eigenvalue weighted by Gasteiger charge is -2.31. The zero-order valence-corrected chi connectivity index (χ0v) is 25.2. The summed E-state index contributed by atoms with van der Waals surface area (Å²) in [7, 11) is 1.62. The number of nitrogens with one attached hydrogen (secondary N) is 1. The van der Waals surface area contributed by atoms with E-state index in [1.165, 1.54) is 12.1 Å². The Morgan fingerprint density at radius 1 is 1.05 bits per heavy atom. The van der Waals surface area contributed by atoms with Crippen LogP contribution in [0.3, 0.4) is 0 Å². The number of amides is 2. The van der Waals surface area contributed by atoms with E-state index in [-0.39, 0.29) is 47.8 Å². The van der Waals surface area contributed by atoms with Crippen LogP contribution in [0.2, 0.25) is 0 Å². The van der Waals surface area contributed by atoms with Gasteiger partial charge in [0.15, 0.2) is 11.6 Å². The number of hydrazone groups is 1. The second-order valence-electron chi connectivity index (χ2n) is 11.6. The lowest BCUT2D eigenvalue weighted by molar-refractivity contribution is -0.134. The minimum Gasteiger partial charge on any atom is -0.494 e. The molecule has 0 spiro atoms. The van der Waals surface area contributed by atoms with E-state index in [9.17, 15) is 18.4 Å². The van der Waals surface area contributed by atoms with Gasteiger partial charge in [-0.1, -0.05) is 13.8 Å². The van der Waals surface area contributed by atoms with Crippen molar-refractivity contribution in [2.75, 3.05) is 31.8 Å². The molecule has 2 aromatic carbocycles. The highest BCUT2D eigenvalue weighted by atomic mass is 19.2. The number of aryl methyl sites for hydroxylation is 1. The topological polar surface area (TPSA) is 96.4 Å². The van der Waals surface area contributed by atoms with Crippen LogP contribution in [0.1, 0.15) is 58.2 Å². The third-order valence-corrected chi connectivity index (χ3v) is 7.97. The van der Waals surface area contributed by atoms with Gasteiger partial charge in [0, 0.05) is 35.5 Å². The number of nitrogens with zero attached hydrogens (tertiary/aromatic N) is 4. The Morgan fingerprint density at radius 2 is 1.81 bits per heavy atom. The first kappa shape index (κ1) is 30.2. The maximum absolute atomic E-state index is 14.9. The average molecular weight is 594 g/mol. The van der Waals surface area contributed by atoms with E-state index < -0.39 is 17.0 Å². The molecule has 1 unspecified atom stereocenters. The Bertz CT molecular complexity index is 1590. The van der Waals surface area contributed by atoms with Gasteiger partial charge in [-0.25, -0.2) is 14.8 Å². The number of fused-ring (bicyclic) bond motifs is 1. The predicted molar refractivity (Wildman–Crippen MR) is 160 cm³/mol. The molecule has 1 atom stereocenters. The van der Waals surface area contributed by atoms with E-state index in [4.69, 9.17) is 14.5 Å². The first-order chi connectivity index (χ1) is 20.6. The molecule has 0 aliphatic carbocycles. The summed E-state index contributed by atoms with van der Waals surface area (Å²) < 4.78 is 40.9. The second-order valence-corrected chi connectivity index (χ2v) is 11.6. The summed E-state index contributed by atoms with van der Waals surface area (Å²) in [5.41, 5.74) is 4.59. The molecule has 0 radical (unpaired) electrons. The van der Waals surface area contributed by atoms with Gasteiger partial charge in [0.05, 0.1) is 37.1 Å². The highest BCUT2D eigenvalue weighted by Crippen LogP contribution is 2.39. The number of rotatable bonds is 10. The number of pyridine rings is 1. The van der Waals surface area contributed by atoms with Crippen LogP contribution in [0, 0.1) is 23.0 Å². The first-order valence-corrected chi connectivity index (χ1v) is 14.6. The number of hydrogen-bond donors (Lipinski definition) is 1. The molecule has 1 fully saturated rings. The molecule has 3 aromatic rings. The van der Waals surface area contributed by atoms with Gasteiger partial charge in [-0.2, -0.15) is 9.49 Å². The van der Waals surface area contributed by atoms with Gasteiger partial charge in [0.2, 0.25) is 17.6 Å². The van der Waals surface area contributed by atoms with Crippen molar-refractivity contribution in [1.29, 1.82) is 0 Å². The summed E-state index contributed by atoms with van der Waals surface area (Å²) in [4.78, 5) is 29.7. The van der Waals surface area contributed by atoms with Crippen molar-refractivity contribution in [3.63, 3.8) is 0 Å². The molecule has 1 saturated heterocycles. The van der Waals surface area contributed by atoms with Gasteiger partial charge in [-0.05, 0) is 69.5 Å². The molecule has 9 nitrogen and oxygen atoms in total. The highest BCUT2D eigenvalue weighted by Gasteiger charge is 2.44. The third-order valence-electron chi connectivity index (χ3n) is 7.97. The number of anilines is 1. The molecule has 11 heteroatoms. The molecule has 2 aliphatic rings. The summed E-state index contributed by atoms with van der Waals surface area (Å²) in [6, 6.07) is 10.6. The monoisotopic (exact) mass is 593 g/mol. The minimum atomic E-state index is -1.10. The summed E-state index contributed by atoms with van der Waals surface area (Å²) >= 11 is 0. The number of aromatic nitrogens is 1. The Labute approximate surface area is 249 Å². The molecule has 0 saturated carbocycles. The summed E-state index contributed by atoms with van der Waals surface area (Å²) in [5.74, 6) is -2.28. The fourth-order valence-corrected chi connectivity index (χ4v) is 5.59. The number of hydrazine groups is 1. The van der Waals surface area contributed by atoms with E-state index in [1.54, 1.807) is 19.0 Å². The van der Waals surface area contributed by atoms with Gasteiger partial charge in [0.25, 0.3) is 0 Å². The Kier molecular flexibility index (Phi) is 8.52. The number of carbonyl (C=O) groups excluding carboxylic acids is 2. The molecule has 2 aliphatic heterocycles. The molecule has 43 heavy (non-hydrogen) atoms. The smallest absolute Gasteiger partial charge is 0.248 e. The molecular formula is C32H37F2N5O4. The van der Waals surface area contributed by atoms with E-state index in [0.29, 0.717) is 31.7 Å². The Balaban J connectivity index is 1.26. The number of hydrogen-bond acceptors (Lipinski definition) is 7. The Morgan fingerprint density at radius 3 is 2.53 bits per heavy atom. The number of ether oxygens (including phenoxy) is 2. The number of unbranched alkanes of at least 4 members (excludes halogenated alkanes) is 1. The predicted octanol–water partition coefficient (Wildman–Crippen LogP) is 5.39. The van der Waals surface area contributed by atoms with Crippen molar-refractivity contribution in [3.8, 4) is 11.5 Å². The number of halogens is 2. The molecule has 1 aromatic heterocycles. The van der Waals surface area contributed by atoms with Crippen LogP contribution in [0.15, 0.2) is 41.5 Å². The third kappa shape index (κ3) is 5.85. The second kappa shape index (κ2) is 12.1. The van der Waals surface area contributed by atoms with Crippen molar-refractivity contribution < 1.29 is 27.8 Å². The quantitative estimate of drug-likeness (QED) is 0.317. The van der Waals surface area contributed by atoms with E-state index in [1.807, 2.05) is 50.0 Å². The maximum Gasteiger partial charge on any atom is 0.248 e. The summed E-state index contributed by atoms with van der Waals surface area (Å²) in [5, 5.41) is 8.58. The van der Waals surface area contributed by atoms with Gasteiger partial charge in [-0.3, -0.25) is 19.6 Å². The number of benzene rings is 2. The fraction of sp³-hybridized carbons (Fsp3) is 0.438. The normalized spacial score (nSPS) is 18.2. The van der Waals surface area contributed by atoms with Crippen LogP contribution in [0.5, 0.6) is 11.5 Å². The first-order valence-electron chi connectivity index (χ1n) is 14.6. The highest BCUT2D eigenvalue weighted by molar-refractivity contribution is 6.06. The standard InChI is InChI=1S/C32H37F2N5O4/c1-6-20-9-10-21-23(12-14-25(42-5)30(21)35-20)39-18-32(3,4)31(41)38(39)15-7-8-16-43-24-13-11-22(27(33)28(24)34)29-19(2)17-26(40)36-37-29/h9-14,19H,6-8,15-18H2,1-5H3,(H,36,40). The molecule has 0 bridgehead atoms. The van der Waals surface area contributed by atoms with Gasteiger partial charge in [0.1, 0.15) is 11.3 Å². The number of carbonyl (C=O) groups is 2. The lowest BCUT2D eigenvalue weighted by Crippen LogP contribution is -2.40. The van der Waals surface area contributed by atoms with E-state index >= 15 is 0 Å². The van der Waals surface area contributed by atoms with Gasteiger partial charge < -0.3 is 9.47 Å². The number of methoxy groups -OCH3 is 1. The van der Waals surface area contributed by atoms with Crippen molar-refractivity contribution in [1.82, 2.24) is 15.4 Å². The van der Waals surface area contributed by atoms with Crippen LogP contribution >= 0.6 is 0 Å². The summed E-state index contributed by atoms with van der Waals surface area (Å²) in [6.07, 6.45) is 2.04. The molecule has 2 amide bonds. The Hall–Kier alpha value is -4.28. The fourth-order valence-electron chi connectivity index (χ4n) is 5.59. The largest absolute Gasteiger partial charge is 0.494 e. The van der Waals surface area contributed by atoms with Crippen molar-refractivity contribution >= 4 is 34.1 Å². The molecule has 1 N–H and O–H groups in total. The zero-order valence-electron chi connectivity index (χ0n) is 25.2. The molecule has 5 rings (SSSR count). The van der Waals surface area contributed by atoms with E-state index in [2.05, 4.69) is 10.5 Å². The maximum atomic E-state index is 14.9. The van der Waals surface area contributed by atoms with Crippen molar-refractivity contribution in [3.05, 3.63) is 59.3 Å². The van der Waals surface area contributed by atoms with Crippen LogP contribution in [-0.4, -0.2) is 54.3 Å². The minimum absolute atomic E-state index is 0.000208. The zero-order chi connectivity index (χ0) is 30.9. The molecule has 228 valence electrons. The van der Waals surface area contributed by atoms with Crippen molar-refractivity contribution in [2.45, 2.75) is 53.4 Å². The SMILES string of the molecule is CCc1ccc2c(N3CC(C)(C)C(=O)N3CCCCOc3ccc(C4=NNC(=O)CC4C)c(F)c3F)ccc(OC)c2n1. The molecular weight excluding hydrogens is 556 g/mol. The summed E-state index contributed by atoms with van der Waals surface area (Å²) in [6.45, 7) is 8.72. The van der Waals surface area contributed by atoms with Gasteiger partial charge in [-0.15, -0.1) is 0 Å². The van der Waals surface area contributed by atoms with Crippen LogP contribution in [0.4, 0.5) is 14.5 Å². The van der Waals surface area contributed by atoms with Crippen LogP contribution < -0.4 is 19.9 Å². The average Bonchev–Trinajstić information content (AvgIpc) is 3.22.